The van der Waals surface area contributed by atoms with Crippen LogP contribution in [0, 0.1) is 0 Å². The van der Waals surface area contributed by atoms with Crippen LogP contribution in [0.2, 0.25) is 0 Å². The van der Waals surface area contributed by atoms with Gasteiger partial charge in [-0.2, -0.15) is 0 Å². The lowest BCUT2D eigenvalue weighted by molar-refractivity contribution is 0.577. The van der Waals surface area contributed by atoms with E-state index < -0.39 is 0 Å². The van der Waals surface area contributed by atoms with Crippen LogP contribution in [0.4, 0.5) is 0 Å². The number of hydrogen-bond donors (Lipinski definition) is 0. The smallest absolute Gasteiger partial charge is 0.124 e. The standard InChI is InChI=1S/C27H25NS/c1-3-9-18(10-4-1)20-15-16-23-22(17-20)25(19-11-5-2-6-12-19)26-21-13-7-8-14-24(21)29-27(26)28-23/h1-6,9-12,20H,7-8,13-17H2/t20-/m1/s1. The van der Waals surface area contributed by atoms with Crippen LogP contribution in [0.15, 0.2) is 60.7 Å². The molecule has 0 amide bonds. The van der Waals surface area contributed by atoms with Gasteiger partial charge in [0, 0.05) is 16.0 Å². The fraction of sp³-hybridized carbons (Fsp3) is 0.296. The van der Waals surface area contributed by atoms with E-state index >= 15 is 0 Å². The van der Waals surface area contributed by atoms with Crippen molar-refractivity contribution >= 4 is 21.6 Å². The maximum Gasteiger partial charge on any atom is 0.124 e. The van der Waals surface area contributed by atoms with Crippen LogP contribution in [-0.2, 0) is 25.7 Å². The molecule has 0 fully saturated rings. The Hall–Kier alpha value is -2.45. The predicted octanol–water partition coefficient (Wildman–Crippen LogP) is 7.11. The van der Waals surface area contributed by atoms with E-state index in [9.17, 15) is 0 Å². The van der Waals surface area contributed by atoms with Gasteiger partial charge in [0.25, 0.3) is 0 Å². The summed E-state index contributed by atoms with van der Waals surface area (Å²) in [5.41, 5.74) is 8.80. The lowest BCUT2D eigenvalue weighted by Gasteiger charge is -2.27. The predicted molar refractivity (Wildman–Crippen MR) is 123 cm³/mol. The Labute approximate surface area is 176 Å². The molecule has 0 N–H and O–H groups in total. The van der Waals surface area contributed by atoms with E-state index in [1.807, 2.05) is 11.3 Å². The fourth-order valence-electron chi connectivity index (χ4n) is 5.39. The van der Waals surface area contributed by atoms with Crippen LogP contribution in [0.25, 0.3) is 21.3 Å². The Kier molecular flexibility index (Phi) is 4.27. The first-order valence-electron chi connectivity index (χ1n) is 10.9. The summed E-state index contributed by atoms with van der Waals surface area (Å²) in [4.78, 5) is 8.13. The van der Waals surface area contributed by atoms with Gasteiger partial charge < -0.3 is 0 Å². The summed E-state index contributed by atoms with van der Waals surface area (Å²) < 4.78 is 0. The SMILES string of the molecule is c1ccc(-c2c3c(nc4sc5c(c24)CCCC5)CC[C@@H](c2ccccc2)C3)cc1. The van der Waals surface area contributed by atoms with Gasteiger partial charge in [-0.25, -0.2) is 4.98 Å². The second-order valence-electron chi connectivity index (χ2n) is 8.52. The molecule has 2 heteroatoms. The number of nitrogens with zero attached hydrogens (tertiary/aromatic N) is 1. The van der Waals surface area contributed by atoms with Crippen molar-refractivity contribution in [3.63, 3.8) is 0 Å². The molecule has 2 aliphatic carbocycles. The summed E-state index contributed by atoms with van der Waals surface area (Å²) in [5, 5.41) is 1.48. The molecule has 1 nitrogen and oxygen atoms in total. The van der Waals surface area contributed by atoms with Crippen molar-refractivity contribution in [1.82, 2.24) is 4.98 Å². The average molecular weight is 396 g/mol. The molecule has 2 aliphatic rings. The van der Waals surface area contributed by atoms with Gasteiger partial charge in [-0.1, -0.05) is 60.7 Å². The zero-order valence-electron chi connectivity index (χ0n) is 16.7. The van der Waals surface area contributed by atoms with Crippen molar-refractivity contribution in [1.29, 1.82) is 0 Å². The summed E-state index contributed by atoms with van der Waals surface area (Å²) in [6.45, 7) is 0. The highest BCUT2D eigenvalue weighted by atomic mass is 32.1. The highest BCUT2D eigenvalue weighted by Crippen LogP contribution is 2.46. The summed E-state index contributed by atoms with van der Waals surface area (Å²) in [5.74, 6) is 0.597. The summed E-state index contributed by atoms with van der Waals surface area (Å²) in [6.07, 6.45) is 8.51. The number of benzene rings is 2. The van der Waals surface area contributed by atoms with Crippen molar-refractivity contribution in [3.05, 3.63) is 87.9 Å². The van der Waals surface area contributed by atoms with Gasteiger partial charge in [-0.05, 0) is 78.7 Å². The van der Waals surface area contributed by atoms with Gasteiger partial charge >= 0.3 is 0 Å². The van der Waals surface area contributed by atoms with E-state index in [1.165, 1.54) is 70.3 Å². The number of rotatable bonds is 2. The third-order valence-corrected chi connectivity index (χ3v) is 7.99. The lowest BCUT2D eigenvalue weighted by atomic mass is 9.78. The number of pyridine rings is 1. The van der Waals surface area contributed by atoms with Crippen LogP contribution in [0.1, 0.15) is 52.4 Å². The van der Waals surface area contributed by atoms with Crippen molar-refractivity contribution in [2.45, 2.75) is 50.9 Å². The average Bonchev–Trinajstić information content (AvgIpc) is 3.16. The molecule has 2 aromatic heterocycles. The molecular formula is C27H25NS. The first-order chi connectivity index (χ1) is 14.4. The summed E-state index contributed by atoms with van der Waals surface area (Å²) in [7, 11) is 0. The third kappa shape index (κ3) is 2.93. The maximum absolute atomic E-state index is 5.25. The summed E-state index contributed by atoms with van der Waals surface area (Å²) >= 11 is 1.97. The second kappa shape index (κ2) is 7.11. The van der Waals surface area contributed by atoms with Crippen LogP contribution in [0.5, 0.6) is 0 Å². The quantitative estimate of drug-likeness (QED) is 0.352. The lowest BCUT2D eigenvalue weighted by Crippen LogP contribution is -2.15. The number of thiophene rings is 1. The fourth-order valence-corrected chi connectivity index (χ4v) is 6.68. The minimum atomic E-state index is 0.597. The highest BCUT2D eigenvalue weighted by molar-refractivity contribution is 7.19. The van der Waals surface area contributed by atoms with Crippen molar-refractivity contribution in [2.75, 3.05) is 0 Å². The minimum Gasteiger partial charge on any atom is -0.242 e. The van der Waals surface area contributed by atoms with E-state index in [2.05, 4.69) is 60.7 Å². The first kappa shape index (κ1) is 17.4. The van der Waals surface area contributed by atoms with Gasteiger partial charge in [0.1, 0.15) is 4.83 Å². The molecule has 2 aromatic carbocycles. The molecule has 0 radical (unpaired) electrons. The van der Waals surface area contributed by atoms with Crippen molar-refractivity contribution in [2.24, 2.45) is 0 Å². The van der Waals surface area contributed by atoms with E-state index in [1.54, 1.807) is 10.4 Å². The largest absolute Gasteiger partial charge is 0.242 e. The van der Waals surface area contributed by atoms with E-state index in [-0.39, 0.29) is 0 Å². The molecule has 0 bridgehead atoms. The molecule has 0 saturated carbocycles. The maximum atomic E-state index is 5.25. The minimum absolute atomic E-state index is 0.597. The molecule has 4 aromatic rings. The first-order valence-corrected chi connectivity index (χ1v) is 11.8. The van der Waals surface area contributed by atoms with Gasteiger partial charge in [-0.15, -0.1) is 11.3 Å². The zero-order chi connectivity index (χ0) is 19.2. The van der Waals surface area contributed by atoms with E-state index in [0.29, 0.717) is 5.92 Å². The number of aromatic nitrogens is 1. The molecule has 0 unspecified atom stereocenters. The normalized spacial score (nSPS) is 18.4. The van der Waals surface area contributed by atoms with Gasteiger partial charge in [0.15, 0.2) is 0 Å². The number of hydrogen-bond acceptors (Lipinski definition) is 2. The Morgan fingerprint density at radius 3 is 2.38 bits per heavy atom. The second-order valence-corrected chi connectivity index (χ2v) is 9.60. The van der Waals surface area contributed by atoms with Crippen molar-refractivity contribution < 1.29 is 0 Å². The Bertz CT molecular complexity index is 1170. The van der Waals surface area contributed by atoms with Gasteiger partial charge in [0.2, 0.25) is 0 Å². The van der Waals surface area contributed by atoms with Gasteiger partial charge in [0.05, 0.1) is 0 Å². The monoisotopic (exact) mass is 395 g/mol. The molecule has 0 spiro atoms. The molecular weight excluding hydrogens is 370 g/mol. The molecule has 0 saturated heterocycles. The highest BCUT2D eigenvalue weighted by Gasteiger charge is 2.28. The van der Waals surface area contributed by atoms with Crippen LogP contribution in [-0.4, -0.2) is 4.98 Å². The summed E-state index contributed by atoms with van der Waals surface area (Å²) in [6, 6.07) is 22.2. The topological polar surface area (TPSA) is 12.9 Å². The molecule has 144 valence electrons. The number of fused-ring (bicyclic) bond motifs is 4. The molecule has 0 aliphatic heterocycles. The van der Waals surface area contributed by atoms with E-state index in [0.717, 1.165) is 12.8 Å². The third-order valence-electron chi connectivity index (χ3n) is 6.80. The Morgan fingerprint density at radius 1 is 0.793 bits per heavy atom. The van der Waals surface area contributed by atoms with Crippen molar-refractivity contribution in [3.8, 4) is 11.1 Å². The van der Waals surface area contributed by atoms with Crippen LogP contribution < -0.4 is 0 Å². The van der Waals surface area contributed by atoms with Crippen LogP contribution >= 0.6 is 11.3 Å². The Balaban J connectivity index is 1.60. The van der Waals surface area contributed by atoms with E-state index in [4.69, 9.17) is 4.98 Å². The van der Waals surface area contributed by atoms with Crippen LogP contribution in [0.3, 0.4) is 0 Å². The molecule has 1 atom stereocenters. The Morgan fingerprint density at radius 2 is 1.55 bits per heavy atom. The molecule has 2 heterocycles. The zero-order valence-corrected chi connectivity index (χ0v) is 17.5. The molecule has 6 rings (SSSR count). The number of aryl methyl sites for hydroxylation is 3. The van der Waals surface area contributed by atoms with Gasteiger partial charge in [-0.3, -0.25) is 0 Å². The molecule has 29 heavy (non-hydrogen) atoms.